The van der Waals surface area contributed by atoms with Gasteiger partial charge in [-0.15, -0.1) is 0 Å². The maximum Gasteiger partial charge on any atom is 0.148 e. The molecule has 1 aliphatic carbocycles. The second-order valence-electron chi connectivity index (χ2n) is 4.25. The number of likely N-dealkylation sites (tertiary alicyclic amines) is 1. The summed E-state index contributed by atoms with van der Waals surface area (Å²) in [5.74, 6) is 1.65. The molecule has 0 N–H and O–H groups in total. The summed E-state index contributed by atoms with van der Waals surface area (Å²) < 4.78 is 0. The molecule has 0 bridgehead atoms. The molecule has 80 valence electrons. The molecule has 2 atom stereocenters. The minimum Gasteiger partial charge on any atom is -0.298 e. The maximum absolute atomic E-state index is 11.2. The van der Waals surface area contributed by atoms with Crippen LogP contribution in [0.5, 0.6) is 0 Å². The van der Waals surface area contributed by atoms with Gasteiger partial charge in [0.15, 0.2) is 0 Å². The van der Waals surface area contributed by atoms with Crippen molar-refractivity contribution < 1.29 is 4.79 Å². The number of hydrogen-bond donors (Lipinski definition) is 0. The molecular weight excluding hydrogens is 194 g/mol. The first-order valence-electron chi connectivity index (χ1n) is 5.68. The molecule has 0 amide bonds. The molecule has 1 aliphatic heterocycles. The summed E-state index contributed by atoms with van der Waals surface area (Å²) in [5.41, 5.74) is 0. The predicted octanol–water partition coefficient (Wildman–Crippen LogP) is 1.94. The summed E-state index contributed by atoms with van der Waals surface area (Å²) in [4.78, 5) is 13.6. The number of rotatable bonds is 3. The van der Waals surface area contributed by atoms with Crippen molar-refractivity contribution in [1.82, 2.24) is 4.90 Å². The number of hydrogen-bond acceptors (Lipinski definition) is 3. The topological polar surface area (TPSA) is 20.3 Å². The molecule has 3 heteroatoms. The highest BCUT2D eigenvalue weighted by molar-refractivity contribution is 7.99. The van der Waals surface area contributed by atoms with Gasteiger partial charge in [-0.05, 0) is 18.6 Å². The number of nitrogens with zero attached hydrogens (tertiary/aromatic N) is 1. The number of carbonyl (C=O) groups is 1. The van der Waals surface area contributed by atoms with Crippen molar-refractivity contribution in [2.75, 3.05) is 18.8 Å². The minimum absolute atomic E-state index is 0.442. The zero-order valence-corrected chi connectivity index (χ0v) is 9.68. The van der Waals surface area contributed by atoms with Crippen molar-refractivity contribution in [1.29, 1.82) is 0 Å². The first-order chi connectivity index (χ1) is 6.81. The number of carbonyl (C=O) groups excluding carboxylic acids is 1. The highest BCUT2D eigenvalue weighted by atomic mass is 32.2. The van der Waals surface area contributed by atoms with Gasteiger partial charge in [0.25, 0.3) is 0 Å². The minimum atomic E-state index is 0.442. The van der Waals surface area contributed by atoms with Crippen LogP contribution in [0.3, 0.4) is 0 Å². The van der Waals surface area contributed by atoms with Crippen LogP contribution in [0.25, 0.3) is 0 Å². The lowest BCUT2D eigenvalue weighted by Gasteiger charge is -2.27. The lowest BCUT2D eigenvalue weighted by atomic mass is 10.2. The van der Waals surface area contributed by atoms with E-state index < -0.39 is 0 Å². The second-order valence-corrected chi connectivity index (χ2v) is 5.77. The van der Waals surface area contributed by atoms with Gasteiger partial charge in [0, 0.05) is 24.3 Å². The van der Waals surface area contributed by atoms with E-state index in [1.165, 1.54) is 25.0 Å². The SMILES string of the molecule is CCSC1CCCC1N1CCC(=O)C1. The molecule has 0 aromatic heterocycles. The monoisotopic (exact) mass is 213 g/mol. The van der Waals surface area contributed by atoms with Gasteiger partial charge >= 0.3 is 0 Å². The average molecular weight is 213 g/mol. The van der Waals surface area contributed by atoms with Crippen molar-refractivity contribution >= 4 is 17.5 Å². The Kier molecular flexibility index (Phi) is 3.50. The Balaban J connectivity index is 1.92. The molecule has 0 spiro atoms. The molecule has 1 saturated heterocycles. The van der Waals surface area contributed by atoms with E-state index in [9.17, 15) is 4.79 Å². The van der Waals surface area contributed by atoms with Crippen LogP contribution in [-0.4, -0.2) is 40.8 Å². The van der Waals surface area contributed by atoms with Gasteiger partial charge in [0.1, 0.15) is 5.78 Å². The fraction of sp³-hybridized carbons (Fsp3) is 0.909. The van der Waals surface area contributed by atoms with Crippen LogP contribution in [0.15, 0.2) is 0 Å². The molecule has 0 aromatic carbocycles. The zero-order valence-electron chi connectivity index (χ0n) is 8.87. The van der Waals surface area contributed by atoms with Crippen LogP contribution in [0.1, 0.15) is 32.6 Å². The van der Waals surface area contributed by atoms with Gasteiger partial charge in [0.05, 0.1) is 6.54 Å². The van der Waals surface area contributed by atoms with E-state index in [1.807, 2.05) is 0 Å². The summed E-state index contributed by atoms with van der Waals surface area (Å²) in [6.45, 7) is 3.98. The van der Waals surface area contributed by atoms with Crippen LogP contribution < -0.4 is 0 Å². The Bertz CT molecular complexity index is 219. The number of ketones is 1. The second kappa shape index (κ2) is 4.67. The molecule has 2 fully saturated rings. The molecule has 1 saturated carbocycles. The number of Topliss-reactive ketones (excluding diaryl/α,β-unsaturated/α-hetero) is 1. The van der Waals surface area contributed by atoms with Gasteiger partial charge < -0.3 is 0 Å². The highest BCUT2D eigenvalue weighted by Crippen LogP contribution is 2.34. The first-order valence-corrected chi connectivity index (χ1v) is 6.73. The van der Waals surface area contributed by atoms with Crippen molar-refractivity contribution in [3.05, 3.63) is 0 Å². The van der Waals surface area contributed by atoms with E-state index >= 15 is 0 Å². The van der Waals surface area contributed by atoms with E-state index in [0.29, 0.717) is 11.8 Å². The summed E-state index contributed by atoms with van der Waals surface area (Å²) in [6, 6.07) is 0.700. The summed E-state index contributed by atoms with van der Waals surface area (Å²) in [5, 5.41) is 0.797. The quantitative estimate of drug-likeness (QED) is 0.714. The Hall–Kier alpha value is -0.0200. The molecule has 0 aromatic rings. The van der Waals surface area contributed by atoms with Crippen LogP contribution in [0.2, 0.25) is 0 Å². The van der Waals surface area contributed by atoms with Crippen molar-refractivity contribution in [2.24, 2.45) is 0 Å². The van der Waals surface area contributed by atoms with Crippen LogP contribution >= 0.6 is 11.8 Å². The smallest absolute Gasteiger partial charge is 0.148 e. The predicted molar refractivity (Wildman–Crippen MR) is 60.8 cm³/mol. The molecule has 2 unspecified atom stereocenters. The summed E-state index contributed by atoms with van der Waals surface area (Å²) in [6.07, 6.45) is 4.81. The summed E-state index contributed by atoms with van der Waals surface area (Å²) in [7, 11) is 0. The van der Waals surface area contributed by atoms with Gasteiger partial charge in [-0.3, -0.25) is 9.69 Å². The van der Waals surface area contributed by atoms with Crippen molar-refractivity contribution in [3.8, 4) is 0 Å². The Morgan fingerprint density at radius 1 is 1.50 bits per heavy atom. The lowest BCUT2D eigenvalue weighted by Crippen LogP contribution is -2.37. The third-order valence-electron chi connectivity index (χ3n) is 3.32. The van der Waals surface area contributed by atoms with E-state index in [0.717, 1.165) is 24.8 Å². The van der Waals surface area contributed by atoms with E-state index in [4.69, 9.17) is 0 Å². The van der Waals surface area contributed by atoms with Crippen molar-refractivity contribution in [3.63, 3.8) is 0 Å². The lowest BCUT2D eigenvalue weighted by molar-refractivity contribution is -0.117. The standard InChI is InChI=1S/C11H19NOS/c1-2-14-11-5-3-4-10(11)12-7-6-9(13)8-12/h10-11H,2-8H2,1H3. The van der Waals surface area contributed by atoms with Crippen LogP contribution in [0, 0.1) is 0 Å². The molecule has 2 nitrogen and oxygen atoms in total. The number of thioether (sulfide) groups is 1. The summed E-state index contributed by atoms with van der Waals surface area (Å²) >= 11 is 2.08. The highest BCUT2D eigenvalue weighted by Gasteiger charge is 2.35. The van der Waals surface area contributed by atoms with E-state index in [-0.39, 0.29) is 0 Å². The average Bonchev–Trinajstić information content (AvgIpc) is 2.74. The van der Waals surface area contributed by atoms with E-state index in [1.54, 1.807) is 0 Å². The Morgan fingerprint density at radius 2 is 2.36 bits per heavy atom. The zero-order chi connectivity index (χ0) is 9.97. The third-order valence-corrected chi connectivity index (χ3v) is 4.64. The van der Waals surface area contributed by atoms with Gasteiger partial charge in [0.2, 0.25) is 0 Å². The molecule has 1 heterocycles. The Morgan fingerprint density at radius 3 is 3.00 bits per heavy atom. The fourth-order valence-electron chi connectivity index (χ4n) is 2.67. The Labute approximate surface area is 90.4 Å². The van der Waals surface area contributed by atoms with Crippen LogP contribution in [-0.2, 0) is 4.79 Å². The van der Waals surface area contributed by atoms with Crippen LogP contribution in [0.4, 0.5) is 0 Å². The van der Waals surface area contributed by atoms with E-state index in [2.05, 4.69) is 23.6 Å². The molecule has 2 rings (SSSR count). The first kappa shape index (κ1) is 10.5. The normalized spacial score (nSPS) is 34.2. The van der Waals surface area contributed by atoms with Gasteiger partial charge in [-0.1, -0.05) is 13.3 Å². The van der Waals surface area contributed by atoms with Crippen molar-refractivity contribution in [2.45, 2.75) is 43.9 Å². The molecule has 2 aliphatic rings. The van der Waals surface area contributed by atoms with Gasteiger partial charge in [-0.25, -0.2) is 0 Å². The molecular formula is C11H19NOS. The van der Waals surface area contributed by atoms with Gasteiger partial charge in [-0.2, -0.15) is 11.8 Å². The largest absolute Gasteiger partial charge is 0.298 e. The third kappa shape index (κ3) is 2.14. The molecule has 0 radical (unpaired) electrons. The fourth-order valence-corrected chi connectivity index (χ4v) is 3.96. The molecule has 14 heavy (non-hydrogen) atoms. The maximum atomic E-state index is 11.2.